The normalized spacial score (nSPS) is 8.42. The predicted octanol–water partition coefficient (Wildman–Crippen LogP) is 2.86. The number of H-pyrrole nitrogens is 1. The summed E-state index contributed by atoms with van der Waals surface area (Å²) in [6, 6.07) is 11.8. The molecule has 0 radical (unpaired) electrons. The van der Waals surface area contributed by atoms with Gasteiger partial charge in [-0.05, 0) is 18.2 Å². The molecule has 0 spiro atoms. The molecule has 62 valence electrons. The van der Waals surface area contributed by atoms with Crippen molar-refractivity contribution in [2.75, 3.05) is 0 Å². The number of aromatic nitrogens is 2. The van der Waals surface area contributed by atoms with Crippen molar-refractivity contribution < 1.29 is 0 Å². The van der Waals surface area contributed by atoms with Crippen molar-refractivity contribution in [3.8, 4) is 0 Å². The van der Waals surface area contributed by atoms with Gasteiger partial charge in [-0.1, -0.05) is 34.1 Å². The first kappa shape index (κ1) is 9.00. The fraction of sp³-hybridized carbons (Fsp3) is 0. The average molecular weight is 225 g/mol. The molecular weight excluding hydrogens is 216 g/mol. The highest BCUT2D eigenvalue weighted by Gasteiger charge is 1.74. The molecule has 0 aliphatic carbocycles. The van der Waals surface area contributed by atoms with E-state index >= 15 is 0 Å². The lowest BCUT2D eigenvalue weighted by molar-refractivity contribution is 1.09. The molecule has 0 aliphatic rings. The van der Waals surface area contributed by atoms with Crippen LogP contribution >= 0.6 is 15.9 Å². The SMILES string of the molecule is Brc1ccccc1.c1cn[nH]c1. The molecule has 0 atom stereocenters. The molecule has 1 heterocycles. The summed E-state index contributed by atoms with van der Waals surface area (Å²) in [4.78, 5) is 0. The minimum atomic E-state index is 1.13. The molecule has 0 fully saturated rings. The summed E-state index contributed by atoms with van der Waals surface area (Å²) >= 11 is 3.31. The molecule has 1 aromatic carbocycles. The van der Waals surface area contributed by atoms with E-state index in [1.165, 1.54) is 0 Å². The van der Waals surface area contributed by atoms with Crippen molar-refractivity contribution in [3.05, 3.63) is 53.3 Å². The molecule has 1 N–H and O–H groups in total. The fourth-order valence-corrected chi connectivity index (χ4v) is 0.935. The van der Waals surface area contributed by atoms with Crippen molar-refractivity contribution in [3.63, 3.8) is 0 Å². The Labute approximate surface area is 79.8 Å². The number of hydrogen-bond donors (Lipinski definition) is 1. The zero-order valence-corrected chi connectivity index (χ0v) is 8.03. The van der Waals surface area contributed by atoms with Gasteiger partial charge in [-0.25, -0.2) is 0 Å². The monoisotopic (exact) mass is 224 g/mol. The summed E-state index contributed by atoms with van der Waals surface area (Å²) in [5.41, 5.74) is 0. The predicted molar refractivity (Wildman–Crippen MR) is 52.7 cm³/mol. The van der Waals surface area contributed by atoms with E-state index < -0.39 is 0 Å². The van der Waals surface area contributed by atoms with Crippen LogP contribution < -0.4 is 0 Å². The van der Waals surface area contributed by atoms with E-state index in [1.807, 2.05) is 36.4 Å². The Hall–Kier alpha value is -1.09. The highest BCUT2D eigenvalue weighted by Crippen LogP contribution is 2.05. The van der Waals surface area contributed by atoms with Gasteiger partial charge >= 0.3 is 0 Å². The van der Waals surface area contributed by atoms with Gasteiger partial charge in [-0.15, -0.1) is 0 Å². The summed E-state index contributed by atoms with van der Waals surface area (Å²) in [6.07, 6.45) is 3.46. The van der Waals surface area contributed by atoms with Crippen LogP contribution in [-0.2, 0) is 0 Å². The second-order valence-corrected chi connectivity index (χ2v) is 2.98. The van der Waals surface area contributed by atoms with Gasteiger partial charge in [-0.3, -0.25) is 5.10 Å². The number of hydrogen-bond acceptors (Lipinski definition) is 1. The molecule has 3 heteroatoms. The van der Waals surface area contributed by atoms with Gasteiger partial charge in [0.25, 0.3) is 0 Å². The first-order valence-electron chi connectivity index (χ1n) is 3.54. The van der Waals surface area contributed by atoms with Crippen LogP contribution in [0.5, 0.6) is 0 Å². The first-order chi connectivity index (χ1) is 5.89. The third-order valence-corrected chi connectivity index (χ3v) is 1.67. The van der Waals surface area contributed by atoms with E-state index in [9.17, 15) is 0 Å². The smallest absolute Gasteiger partial charge is 0.0487 e. The van der Waals surface area contributed by atoms with Gasteiger partial charge in [-0.2, -0.15) is 5.10 Å². The molecule has 2 nitrogen and oxygen atoms in total. The van der Waals surface area contributed by atoms with Crippen molar-refractivity contribution in [1.82, 2.24) is 10.2 Å². The van der Waals surface area contributed by atoms with E-state index in [1.54, 1.807) is 12.4 Å². The van der Waals surface area contributed by atoms with Crippen molar-refractivity contribution in [1.29, 1.82) is 0 Å². The largest absolute Gasteiger partial charge is 0.286 e. The highest BCUT2D eigenvalue weighted by molar-refractivity contribution is 9.10. The molecule has 0 saturated heterocycles. The average Bonchev–Trinajstić information content (AvgIpc) is 2.62. The lowest BCUT2D eigenvalue weighted by Crippen LogP contribution is -1.55. The van der Waals surface area contributed by atoms with Gasteiger partial charge in [0.2, 0.25) is 0 Å². The third kappa shape index (κ3) is 3.93. The molecule has 1 aromatic heterocycles. The van der Waals surface area contributed by atoms with Crippen molar-refractivity contribution in [2.24, 2.45) is 0 Å². The minimum absolute atomic E-state index is 1.13. The molecule has 0 aliphatic heterocycles. The van der Waals surface area contributed by atoms with Crippen LogP contribution in [0.25, 0.3) is 0 Å². The van der Waals surface area contributed by atoms with Crippen LogP contribution in [0.2, 0.25) is 0 Å². The van der Waals surface area contributed by atoms with E-state index in [4.69, 9.17) is 0 Å². The molecule has 12 heavy (non-hydrogen) atoms. The second kappa shape index (κ2) is 5.55. The molecule has 0 saturated carbocycles. The molecule has 2 rings (SSSR count). The maximum atomic E-state index is 3.60. The topological polar surface area (TPSA) is 28.7 Å². The number of rotatable bonds is 0. The van der Waals surface area contributed by atoms with E-state index in [0.717, 1.165) is 4.47 Å². The minimum Gasteiger partial charge on any atom is -0.286 e. The lowest BCUT2D eigenvalue weighted by atomic mass is 10.4. The van der Waals surface area contributed by atoms with Crippen molar-refractivity contribution >= 4 is 15.9 Å². The Morgan fingerprint density at radius 2 is 1.83 bits per heavy atom. The zero-order valence-electron chi connectivity index (χ0n) is 6.44. The summed E-state index contributed by atoms with van der Waals surface area (Å²) in [7, 11) is 0. The molecule has 2 aromatic rings. The number of nitrogens with one attached hydrogen (secondary N) is 1. The first-order valence-corrected chi connectivity index (χ1v) is 4.33. The van der Waals surface area contributed by atoms with Gasteiger partial charge < -0.3 is 0 Å². The quantitative estimate of drug-likeness (QED) is 0.733. The van der Waals surface area contributed by atoms with Crippen LogP contribution in [-0.4, -0.2) is 10.2 Å². The Balaban J connectivity index is 0.000000127. The lowest BCUT2D eigenvalue weighted by Gasteiger charge is -1.80. The Morgan fingerprint density at radius 3 is 2.08 bits per heavy atom. The van der Waals surface area contributed by atoms with Crippen molar-refractivity contribution in [2.45, 2.75) is 0 Å². The molecular formula is C9H9BrN2. The molecule has 0 amide bonds. The number of halogens is 1. The number of nitrogens with zero attached hydrogens (tertiary/aromatic N) is 1. The molecule has 0 bridgehead atoms. The van der Waals surface area contributed by atoms with Crippen LogP contribution in [0.15, 0.2) is 53.3 Å². The zero-order chi connectivity index (χ0) is 8.65. The van der Waals surface area contributed by atoms with Crippen LogP contribution in [0.1, 0.15) is 0 Å². The summed E-state index contributed by atoms with van der Waals surface area (Å²) in [5.74, 6) is 0. The van der Waals surface area contributed by atoms with E-state index in [2.05, 4.69) is 26.1 Å². The Kier molecular flexibility index (Phi) is 4.16. The van der Waals surface area contributed by atoms with Crippen LogP contribution in [0.3, 0.4) is 0 Å². The van der Waals surface area contributed by atoms with Crippen LogP contribution in [0.4, 0.5) is 0 Å². The summed E-state index contributed by atoms with van der Waals surface area (Å²) in [6.45, 7) is 0. The maximum absolute atomic E-state index is 3.60. The van der Waals surface area contributed by atoms with Crippen LogP contribution in [0, 0.1) is 0 Å². The summed E-state index contributed by atoms with van der Waals surface area (Å²) in [5, 5.41) is 6.21. The Morgan fingerprint density at radius 1 is 1.08 bits per heavy atom. The standard InChI is InChI=1S/C6H5Br.C3H4N2/c7-6-4-2-1-3-5-6;1-2-4-5-3-1/h1-5H;1-3H,(H,4,5). The van der Waals surface area contributed by atoms with Gasteiger partial charge in [0.1, 0.15) is 0 Å². The maximum Gasteiger partial charge on any atom is 0.0487 e. The van der Waals surface area contributed by atoms with Gasteiger partial charge in [0.05, 0.1) is 0 Å². The molecule has 0 unspecified atom stereocenters. The fourth-order valence-electron chi connectivity index (χ4n) is 0.630. The third-order valence-electron chi connectivity index (χ3n) is 1.14. The summed E-state index contributed by atoms with van der Waals surface area (Å²) < 4.78 is 1.13. The van der Waals surface area contributed by atoms with Gasteiger partial charge in [0.15, 0.2) is 0 Å². The Bertz CT molecular complexity index is 261. The number of benzene rings is 1. The van der Waals surface area contributed by atoms with E-state index in [0.29, 0.717) is 0 Å². The second-order valence-electron chi connectivity index (χ2n) is 2.06. The van der Waals surface area contributed by atoms with Gasteiger partial charge in [0, 0.05) is 16.9 Å². The highest BCUT2D eigenvalue weighted by atomic mass is 79.9. The number of aromatic amines is 1. The van der Waals surface area contributed by atoms with E-state index in [-0.39, 0.29) is 0 Å².